The van der Waals surface area contributed by atoms with Crippen molar-refractivity contribution in [2.45, 2.75) is 44.6 Å². The van der Waals surface area contributed by atoms with Crippen molar-refractivity contribution in [1.29, 1.82) is 0 Å². The molecule has 0 saturated heterocycles. The lowest BCUT2D eigenvalue weighted by atomic mass is 10.1. The molecule has 142 valence electrons. The number of anilines is 2. The third-order valence-corrected chi connectivity index (χ3v) is 4.62. The molecule has 1 aromatic carbocycles. The normalized spacial score (nSPS) is 14.9. The monoisotopic (exact) mass is 368 g/mol. The number of nitrogens with zero attached hydrogens (tertiary/aromatic N) is 2. The van der Waals surface area contributed by atoms with Gasteiger partial charge in [0.1, 0.15) is 5.69 Å². The van der Waals surface area contributed by atoms with Gasteiger partial charge in [0, 0.05) is 17.9 Å². The van der Waals surface area contributed by atoms with E-state index in [2.05, 4.69) is 20.6 Å². The Morgan fingerprint density at radius 3 is 2.63 bits per heavy atom. The van der Waals surface area contributed by atoms with Crippen LogP contribution in [0.2, 0.25) is 0 Å². The Hall–Kier alpha value is -2.96. The molecule has 1 aromatic heterocycles. The zero-order chi connectivity index (χ0) is 19.1. The van der Waals surface area contributed by atoms with Gasteiger partial charge in [0.2, 0.25) is 5.95 Å². The summed E-state index contributed by atoms with van der Waals surface area (Å²) in [5, 5.41) is 6.10. The number of carbonyl (C=O) groups is 2. The highest BCUT2D eigenvalue weighted by molar-refractivity contribution is 5.93. The average Bonchev–Trinajstić information content (AvgIpc) is 2.96. The molecule has 1 fully saturated rings. The van der Waals surface area contributed by atoms with Gasteiger partial charge < -0.3 is 15.4 Å². The van der Waals surface area contributed by atoms with Crippen molar-refractivity contribution in [3.63, 3.8) is 0 Å². The summed E-state index contributed by atoms with van der Waals surface area (Å²) in [5.41, 5.74) is 1.38. The molecule has 7 heteroatoms. The van der Waals surface area contributed by atoms with Crippen molar-refractivity contribution in [3.8, 4) is 0 Å². The second-order valence-corrected chi connectivity index (χ2v) is 6.62. The number of hydrogen-bond donors (Lipinski definition) is 2. The van der Waals surface area contributed by atoms with Crippen LogP contribution in [0.1, 0.15) is 59.4 Å². The molecule has 0 bridgehead atoms. The summed E-state index contributed by atoms with van der Waals surface area (Å²) in [6, 6.07) is 8.64. The summed E-state index contributed by atoms with van der Waals surface area (Å²) >= 11 is 0. The Morgan fingerprint density at radius 2 is 1.89 bits per heavy atom. The van der Waals surface area contributed by atoms with Crippen LogP contribution in [0.15, 0.2) is 36.5 Å². The first-order valence-corrected chi connectivity index (χ1v) is 9.25. The van der Waals surface area contributed by atoms with Crippen molar-refractivity contribution in [2.24, 2.45) is 0 Å². The number of amides is 1. The number of methoxy groups -OCH3 is 1. The molecule has 2 aromatic rings. The molecule has 1 saturated carbocycles. The van der Waals surface area contributed by atoms with E-state index in [1.807, 2.05) is 0 Å². The zero-order valence-electron chi connectivity index (χ0n) is 15.4. The van der Waals surface area contributed by atoms with Crippen LogP contribution in [0, 0.1) is 0 Å². The van der Waals surface area contributed by atoms with Gasteiger partial charge in [-0.15, -0.1) is 0 Å². The van der Waals surface area contributed by atoms with Gasteiger partial charge in [-0.25, -0.2) is 14.8 Å². The lowest BCUT2D eigenvalue weighted by molar-refractivity contribution is 0.0600. The van der Waals surface area contributed by atoms with Gasteiger partial charge in [0.25, 0.3) is 5.91 Å². The summed E-state index contributed by atoms with van der Waals surface area (Å²) in [4.78, 5) is 32.6. The van der Waals surface area contributed by atoms with Gasteiger partial charge in [-0.05, 0) is 37.1 Å². The number of hydrogen-bond acceptors (Lipinski definition) is 6. The van der Waals surface area contributed by atoms with Crippen LogP contribution in [0.3, 0.4) is 0 Å². The van der Waals surface area contributed by atoms with Gasteiger partial charge >= 0.3 is 5.97 Å². The topological polar surface area (TPSA) is 93.2 Å². The van der Waals surface area contributed by atoms with Crippen molar-refractivity contribution in [3.05, 3.63) is 47.8 Å². The van der Waals surface area contributed by atoms with Crippen molar-refractivity contribution in [1.82, 2.24) is 15.3 Å². The molecule has 1 amide bonds. The summed E-state index contributed by atoms with van der Waals surface area (Å²) in [6.07, 6.45) is 8.35. The van der Waals surface area contributed by atoms with Crippen LogP contribution in [0.5, 0.6) is 0 Å². The van der Waals surface area contributed by atoms with E-state index in [0.29, 0.717) is 22.9 Å². The Labute approximate surface area is 158 Å². The first kappa shape index (κ1) is 18.8. The molecule has 0 atom stereocenters. The van der Waals surface area contributed by atoms with Gasteiger partial charge in [-0.2, -0.15) is 0 Å². The summed E-state index contributed by atoms with van der Waals surface area (Å²) in [6.45, 7) is 0. The van der Waals surface area contributed by atoms with E-state index in [-0.39, 0.29) is 11.9 Å². The largest absolute Gasteiger partial charge is 0.465 e. The minimum Gasteiger partial charge on any atom is -0.465 e. The van der Waals surface area contributed by atoms with Crippen LogP contribution < -0.4 is 10.6 Å². The fourth-order valence-electron chi connectivity index (χ4n) is 3.20. The zero-order valence-corrected chi connectivity index (χ0v) is 15.4. The highest BCUT2D eigenvalue weighted by atomic mass is 16.5. The predicted octanol–water partition coefficient (Wildman–Crippen LogP) is 3.46. The second-order valence-electron chi connectivity index (χ2n) is 6.62. The van der Waals surface area contributed by atoms with E-state index in [0.717, 1.165) is 25.7 Å². The number of aromatic nitrogens is 2. The highest BCUT2D eigenvalue weighted by Crippen LogP contribution is 2.18. The third-order valence-electron chi connectivity index (χ3n) is 4.62. The lowest BCUT2D eigenvalue weighted by Gasteiger charge is -2.16. The van der Waals surface area contributed by atoms with Crippen LogP contribution >= 0.6 is 0 Å². The maximum Gasteiger partial charge on any atom is 0.337 e. The van der Waals surface area contributed by atoms with E-state index >= 15 is 0 Å². The molecule has 7 nitrogen and oxygen atoms in total. The van der Waals surface area contributed by atoms with Crippen molar-refractivity contribution >= 4 is 23.5 Å². The lowest BCUT2D eigenvalue weighted by Crippen LogP contribution is -2.35. The van der Waals surface area contributed by atoms with Crippen LogP contribution in [-0.4, -0.2) is 35.0 Å². The predicted molar refractivity (Wildman–Crippen MR) is 102 cm³/mol. The van der Waals surface area contributed by atoms with Crippen LogP contribution in [-0.2, 0) is 4.74 Å². The fraction of sp³-hybridized carbons (Fsp3) is 0.400. The standard InChI is InChI=1S/C20H24N4O3/c1-27-19(26)14-7-6-10-16(13-14)23-20-21-12-11-17(24-20)18(25)22-15-8-4-2-3-5-9-15/h6-7,10-13,15H,2-5,8-9H2,1H3,(H,22,25)(H,21,23,24). The number of benzene rings is 1. The summed E-state index contributed by atoms with van der Waals surface area (Å²) < 4.78 is 4.72. The van der Waals surface area contributed by atoms with E-state index in [1.54, 1.807) is 36.5 Å². The van der Waals surface area contributed by atoms with Gasteiger partial charge in [-0.1, -0.05) is 31.7 Å². The van der Waals surface area contributed by atoms with Gasteiger partial charge in [0.15, 0.2) is 0 Å². The fourth-order valence-corrected chi connectivity index (χ4v) is 3.20. The number of nitrogens with one attached hydrogen (secondary N) is 2. The van der Waals surface area contributed by atoms with E-state index in [9.17, 15) is 9.59 Å². The molecule has 0 radical (unpaired) electrons. The minimum absolute atomic E-state index is 0.185. The second kappa shape index (κ2) is 9.12. The molecule has 2 N–H and O–H groups in total. The number of rotatable bonds is 5. The average molecular weight is 368 g/mol. The Kier molecular flexibility index (Phi) is 6.35. The molecule has 1 aliphatic carbocycles. The van der Waals surface area contributed by atoms with Gasteiger partial charge in [-0.3, -0.25) is 4.79 Å². The minimum atomic E-state index is -0.420. The molecule has 27 heavy (non-hydrogen) atoms. The van der Waals surface area contributed by atoms with Crippen LogP contribution in [0.4, 0.5) is 11.6 Å². The number of carbonyl (C=O) groups excluding carboxylic acids is 2. The maximum absolute atomic E-state index is 12.5. The highest BCUT2D eigenvalue weighted by Gasteiger charge is 2.17. The molecule has 0 unspecified atom stereocenters. The van der Waals surface area contributed by atoms with Crippen LogP contribution in [0.25, 0.3) is 0 Å². The molecule has 1 aliphatic rings. The number of esters is 1. The summed E-state index contributed by atoms with van der Waals surface area (Å²) in [7, 11) is 1.34. The number of ether oxygens (including phenoxy) is 1. The van der Waals surface area contributed by atoms with Crippen molar-refractivity contribution in [2.75, 3.05) is 12.4 Å². The molecular weight excluding hydrogens is 344 g/mol. The van der Waals surface area contributed by atoms with E-state index < -0.39 is 5.97 Å². The third kappa shape index (κ3) is 5.26. The SMILES string of the molecule is COC(=O)c1cccc(Nc2nccc(C(=O)NC3CCCCCC3)n2)c1. The molecule has 0 aliphatic heterocycles. The molecule has 3 rings (SSSR count). The Bertz CT molecular complexity index is 801. The smallest absolute Gasteiger partial charge is 0.337 e. The molecule has 0 spiro atoms. The summed E-state index contributed by atoms with van der Waals surface area (Å²) in [5.74, 6) is -0.308. The van der Waals surface area contributed by atoms with Gasteiger partial charge in [0.05, 0.1) is 12.7 Å². The maximum atomic E-state index is 12.5. The van der Waals surface area contributed by atoms with Crippen molar-refractivity contribution < 1.29 is 14.3 Å². The van der Waals surface area contributed by atoms with E-state index in [1.165, 1.54) is 20.0 Å². The molecule has 1 heterocycles. The first-order chi connectivity index (χ1) is 13.2. The Balaban J connectivity index is 1.68. The Morgan fingerprint density at radius 1 is 1.11 bits per heavy atom. The quantitative estimate of drug-likeness (QED) is 0.620. The molecular formula is C20H24N4O3. The van der Waals surface area contributed by atoms with E-state index in [4.69, 9.17) is 4.74 Å². The first-order valence-electron chi connectivity index (χ1n) is 9.25.